The molecule has 7 rings (SSSR count). The first-order valence-electron chi connectivity index (χ1n) is 18.7. The molecule has 1 fully saturated rings. The van der Waals surface area contributed by atoms with Crippen LogP contribution >= 0.6 is 12.4 Å². The molecule has 1 unspecified atom stereocenters. The summed E-state index contributed by atoms with van der Waals surface area (Å²) in [5.74, 6) is 2.76. The molecule has 6 nitrogen and oxygen atoms in total. The number of aryl methyl sites for hydroxylation is 2. The van der Waals surface area contributed by atoms with Gasteiger partial charge in [-0.1, -0.05) is 79.2 Å². The number of carbonyl (C=O) groups is 1. The molecular weight excluding hydrogens is 656 g/mol. The van der Waals surface area contributed by atoms with E-state index in [9.17, 15) is 4.79 Å². The topological polar surface area (TPSA) is 60.0 Å². The Balaban J connectivity index is 0.00000448. The van der Waals surface area contributed by atoms with Gasteiger partial charge in [-0.25, -0.2) is 0 Å². The molecule has 1 N–H and O–H groups in total. The number of amides is 1. The summed E-state index contributed by atoms with van der Waals surface area (Å²) in [6, 6.07) is 34.7. The molecule has 7 heteroatoms. The number of halogens is 1. The van der Waals surface area contributed by atoms with Gasteiger partial charge in [0.2, 0.25) is 12.7 Å². The maximum absolute atomic E-state index is 12.9. The highest BCUT2D eigenvalue weighted by molar-refractivity contribution is 5.85. The Morgan fingerprint density at radius 2 is 1.51 bits per heavy atom. The third kappa shape index (κ3) is 8.39. The maximum Gasteiger partial charge on any atom is 0.231 e. The van der Waals surface area contributed by atoms with Crippen LogP contribution in [0.15, 0.2) is 97.1 Å². The predicted octanol–water partition coefficient (Wildman–Crippen LogP) is 8.85. The summed E-state index contributed by atoms with van der Waals surface area (Å²) in [5.41, 5.74) is 6.86. The van der Waals surface area contributed by atoms with Crippen LogP contribution < -0.4 is 19.5 Å². The summed E-state index contributed by atoms with van der Waals surface area (Å²) in [6.07, 6.45) is 12.5. The number of rotatable bonds is 14. The summed E-state index contributed by atoms with van der Waals surface area (Å²) in [5, 5.41) is 3.23. The Morgan fingerprint density at radius 1 is 0.843 bits per heavy atom. The minimum atomic E-state index is -0.129. The average Bonchev–Trinajstić information content (AvgIpc) is 3.63. The van der Waals surface area contributed by atoms with Crippen molar-refractivity contribution in [1.82, 2.24) is 10.2 Å². The van der Waals surface area contributed by atoms with Crippen LogP contribution in [0.25, 0.3) is 0 Å². The van der Waals surface area contributed by atoms with E-state index < -0.39 is 0 Å². The van der Waals surface area contributed by atoms with Crippen LogP contribution in [-0.2, 0) is 29.5 Å². The second-order valence-electron chi connectivity index (χ2n) is 14.5. The van der Waals surface area contributed by atoms with Gasteiger partial charge in [0, 0.05) is 23.9 Å². The largest absolute Gasteiger partial charge is 0.497 e. The molecule has 1 aliphatic carbocycles. The molecule has 0 radical (unpaired) electrons. The lowest BCUT2D eigenvalue weighted by Crippen LogP contribution is -2.55. The molecule has 1 atom stereocenters. The molecule has 2 aliphatic heterocycles. The van der Waals surface area contributed by atoms with Crippen molar-refractivity contribution in [3.63, 3.8) is 0 Å². The smallest absolute Gasteiger partial charge is 0.231 e. The van der Waals surface area contributed by atoms with Crippen molar-refractivity contribution >= 4 is 18.3 Å². The molecule has 0 aromatic heterocycles. The van der Waals surface area contributed by atoms with Gasteiger partial charge >= 0.3 is 0 Å². The molecule has 4 aromatic rings. The van der Waals surface area contributed by atoms with Crippen LogP contribution in [-0.4, -0.2) is 49.9 Å². The molecular formula is C44H53ClN2O4. The summed E-state index contributed by atoms with van der Waals surface area (Å²) in [4.78, 5) is 15.7. The second-order valence-corrected chi connectivity index (χ2v) is 14.5. The molecule has 2 heterocycles. The monoisotopic (exact) mass is 708 g/mol. The quantitative estimate of drug-likeness (QED) is 0.133. The van der Waals surface area contributed by atoms with Gasteiger partial charge in [-0.3, -0.25) is 9.69 Å². The Morgan fingerprint density at radius 3 is 2.20 bits per heavy atom. The lowest BCUT2D eigenvalue weighted by Gasteiger charge is -2.50. The summed E-state index contributed by atoms with van der Waals surface area (Å²) >= 11 is 0. The molecule has 270 valence electrons. The van der Waals surface area contributed by atoms with E-state index in [-0.39, 0.29) is 29.3 Å². The van der Waals surface area contributed by atoms with Crippen LogP contribution in [0.5, 0.6) is 17.2 Å². The molecule has 1 spiro atoms. The van der Waals surface area contributed by atoms with E-state index in [1.54, 1.807) is 7.11 Å². The minimum absolute atomic E-state index is 0. The number of benzene rings is 4. The number of hydrogen-bond acceptors (Lipinski definition) is 5. The van der Waals surface area contributed by atoms with E-state index in [2.05, 4.69) is 83.0 Å². The fourth-order valence-electron chi connectivity index (χ4n) is 8.93. The van der Waals surface area contributed by atoms with Crippen LogP contribution in [0.4, 0.5) is 0 Å². The molecule has 0 bridgehead atoms. The first kappa shape index (κ1) is 36.8. The number of fused-ring (bicyclic) bond motifs is 2. The number of nitrogens with zero attached hydrogens (tertiary/aromatic N) is 1. The summed E-state index contributed by atoms with van der Waals surface area (Å²) < 4.78 is 16.8. The number of methoxy groups -OCH3 is 1. The van der Waals surface area contributed by atoms with Gasteiger partial charge < -0.3 is 19.5 Å². The normalized spacial score (nSPS) is 18.1. The molecule has 1 amide bonds. The SMILES string of the molecule is COc1ccc(CCC(=O)NCCCC(CCCN2CCCCC23CCc2cc4c(cc2C3)OCO4)(c2ccccc2)c2ccccc2)cc1.Cl. The van der Waals surface area contributed by atoms with Gasteiger partial charge in [0.05, 0.1) is 7.11 Å². The standard InChI is InChI=1S/C44H52N2O4.ClH/c1-48-39-19-16-34(17-20-39)18-21-42(47)45-27-10-24-44(37-12-4-2-5-13-37,38-14-6-3-7-15-38)25-11-29-46-28-9-8-23-43(46)26-22-35-30-40-41(50-33-49-40)31-36(35)32-43;/h2-7,12-17,19-20,30-31H,8-11,18,21-29,32-33H2,1H3,(H,45,47);1H. The third-order valence-corrected chi connectivity index (χ3v) is 11.7. The Bertz CT molecular complexity index is 1680. The van der Waals surface area contributed by atoms with Crippen molar-refractivity contribution in [2.24, 2.45) is 0 Å². The van der Waals surface area contributed by atoms with E-state index in [0.29, 0.717) is 19.8 Å². The Hall–Kier alpha value is -4.00. The van der Waals surface area contributed by atoms with Crippen LogP contribution in [0.1, 0.15) is 85.6 Å². The van der Waals surface area contributed by atoms with Gasteiger partial charge in [0.15, 0.2) is 11.5 Å². The number of likely N-dealkylation sites (tertiary alicyclic amines) is 1. The number of piperidine rings is 1. The molecule has 1 saturated heterocycles. The van der Waals surface area contributed by atoms with Gasteiger partial charge in [0.1, 0.15) is 5.75 Å². The van der Waals surface area contributed by atoms with Crippen LogP contribution in [0.2, 0.25) is 0 Å². The van der Waals surface area contributed by atoms with Gasteiger partial charge in [-0.05, 0) is 129 Å². The first-order valence-corrected chi connectivity index (χ1v) is 18.7. The third-order valence-electron chi connectivity index (χ3n) is 11.7. The van der Waals surface area contributed by atoms with E-state index >= 15 is 0 Å². The highest BCUT2D eigenvalue weighted by Gasteiger charge is 2.42. The predicted molar refractivity (Wildman–Crippen MR) is 206 cm³/mol. The van der Waals surface area contributed by atoms with Crippen molar-refractivity contribution in [2.75, 3.05) is 33.5 Å². The number of nitrogens with one attached hydrogen (secondary N) is 1. The number of carbonyl (C=O) groups excluding carboxylic acids is 1. The number of ether oxygens (including phenoxy) is 3. The molecule has 0 saturated carbocycles. The molecule has 3 aliphatic rings. The summed E-state index contributed by atoms with van der Waals surface area (Å²) in [6.45, 7) is 3.28. The van der Waals surface area contributed by atoms with Gasteiger partial charge in [-0.15, -0.1) is 12.4 Å². The van der Waals surface area contributed by atoms with Crippen LogP contribution in [0.3, 0.4) is 0 Å². The molecule has 4 aromatic carbocycles. The fourth-order valence-corrected chi connectivity index (χ4v) is 8.93. The molecule has 51 heavy (non-hydrogen) atoms. The van der Waals surface area contributed by atoms with Gasteiger partial charge in [0.25, 0.3) is 0 Å². The van der Waals surface area contributed by atoms with Crippen LogP contribution in [0, 0.1) is 0 Å². The van der Waals surface area contributed by atoms with Crippen molar-refractivity contribution in [3.8, 4) is 17.2 Å². The van der Waals surface area contributed by atoms with E-state index in [1.807, 2.05) is 24.3 Å². The van der Waals surface area contributed by atoms with E-state index in [0.717, 1.165) is 74.3 Å². The van der Waals surface area contributed by atoms with Gasteiger partial charge in [-0.2, -0.15) is 0 Å². The number of hydrogen-bond donors (Lipinski definition) is 1. The van der Waals surface area contributed by atoms with E-state index in [1.165, 1.54) is 54.5 Å². The highest BCUT2D eigenvalue weighted by atomic mass is 35.5. The first-order chi connectivity index (χ1) is 24.6. The zero-order chi connectivity index (χ0) is 34.2. The Kier molecular flexibility index (Phi) is 12.3. The van der Waals surface area contributed by atoms with Crippen molar-refractivity contribution in [2.45, 2.75) is 88.0 Å². The lowest BCUT2D eigenvalue weighted by molar-refractivity contribution is -0.121. The fraction of sp³-hybridized carbons (Fsp3) is 0.432. The van der Waals surface area contributed by atoms with Crippen molar-refractivity contribution in [1.29, 1.82) is 0 Å². The zero-order valence-corrected chi connectivity index (χ0v) is 30.9. The lowest BCUT2D eigenvalue weighted by atomic mass is 9.68. The summed E-state index contributed by atoms with van der Waals surface area (Å²) in [7, 11) is 1.67. The zero-order valence-electron chi connectivity index (χ0n) is 30.0. The van der Waals surface area contributed by atoms with Crippen molar-refractivity contribution in [3.05, 3.63) is 125 Å². The van der Waals surface area contributed by atoms with E-state index in [4.69, 9.17) is 14.2 Å². The average molecular weight is 709 g/mol. The Labute approximate surface area is 310 Å². The second kappa shape index (κ2) is 17.0. The van der Waals surface area contributed by atoms with Crippen molar-refractivity contribution < 1.29 is 19.0 Å². The minimum Gasteiger partial charge on any atom is -0.497 e. The highest BCUT2D eigenvalue weighted by Crippen LogP contribution is 2.45. The maximum atomic E-state index is 12.9.